The second-order valence-electron chi connectivity index (χ2n) is 4.15. The van der Waals surface area contributed by atoms with E-state index in [0.29, 0.717) is 18.2 Å². The molecule has 0 N–H and O–H groups in total. The van der Waals surface area contributed by atoms with Crippen molar-refractivity contribution in [2.75, 3.05) is 18.1 Å². The molecule has 0 heterocycles. The summed E-state index contributed by atoms with van der Waals surface area (Å²) in [6, 6.07) is 8.02. The predicted octanol–water partition coefficient (Wildman–Crippen LogP) is 3.10. The minimum absolute atomic E-state index is 0.258. The summed E-state index contributed by atoms with van der Waals surface area (Å²) >= 11 is 0. The lowest BCUT2D eigenvalue weighted by Crippen LogP contribution is -2.30. The van der Waals surface area contributed by atoms with E-state index >= 15 is 0 Å². The van der Waals surface area contributed by atoms with E-state index in [1.54, 1.807) is 0 Å². The van der Waals surface area contributed by atoms with Gasteiger partial charge in [-0.1, -0.05) is 0 Å². The van der Waals surface area contributed by atoms with Crippen LogP contribution in [0.15, 0.2) is 24.3 Å². The Hall–Kier alpha value is -1.51. The molecule has 0 saturated heterocycles. The summed E-state index contributed by atoms with van der Waals surface area (Å²) in [5.74, 6) is -0.258. The molecule has 0 spiro atoms. The van der Waals surface area contributed by atoms with Crippen molar-refractivity contribution in [2.24, 2.45) is 0 Å². The van der Waals surface area contributed by atoms with E-state index in [2.05, 4.69) is 25.7 Å². The summed E-state index contributed by atoms with van der Waals surface area (Å²) < 4.78 is 4.95. The van der Waals surface area contributed by atoms with Crippen LogP contribution in [0.1, 0.15) is 38.1 Å². The van der Waals surface area contributed by atoms with Crippen LogP contribution >= 0.6 is 0 Å². The van der Waals surface area contributed by atoms with E-state index in [4.69, 9.17) is 4.74 Å². The van der Waals surface area contributed by atoms with Crippen LogP contribution in [0.2, 0.25) is 0 Å². The Bertz CT molecular complexity index is 357. The summed E-state index contributed by atoms with van der Waals surface area (Å²) in [6.07, 6.45) is 0. The molecule has 0 amide bonds. The molecular weight excluding hydrogens is 214 g/mol. The average molecular weight is 235 g/mol. The Morgan fingerprint density at radius 2 is 1.82 bits per heavy atom. The van der Waals surface area contributed by atoms with E-state index in [9.17, 15) is 4.79 Å². The smallest absolute Gasteiger partial charge is 0.338 e. The molecule has 0 aromatic heterocycles. The normalized spacial score (nSPS) is 10.4. The first-order valence-electron chi connectivity index (χ1n) is 6.14. The van der Waals surface area contributed by atoms with Crippen molar-refractivity contribution in [3.8, 4) is 0 Å². The topological polar surface area (TPSA) is 29.5 Å². The Kier molecular flexibility index (Phi) is 5.01. The van der Waals surface area contributed by atoms with Crippen molar-refractivity contribution in [1.29, 1.82) is 0 Å². The first kappa shape index (κ1) is 13.6. The van der Waals surface area contributed by atoms with E-state index < -0.39 is 0 Å². The van der Waals surface area contributed by atoms with Crippen LogP contribution in [0.4, 0.5) is 5.69 Å². The summed E-state index contributed by atoms with van der Waals surface area (Å²) in [6.45, 7) is 9.61. The fraction of sp³-hybridized carbons (Fsp3) is 0.500. The van der Waals surface area contributed by atoms with Gasteiger partial charge in [0.1, 0.15) is 0 Å². The molecule has 3 heteroatoms. The first-order chi connectivity index (χ1) is 8.10. The molecule has 3 nitrogen and oxygen atoms in total. The molecule has 94 valence electrons. The molecule has 0 unspecified atom stereocenters. The Morgan fingerprint density at radius 1 is 1.24 bits per heavy atom. The lowest BCUT2D eigenvalue weighted by atomic mass is 10.1. The second kappa shape index (κ2) is 6.28. The number of esters is 1. The fourth-order valence-electron chi connectivity index (χ4n) is 1.85. The highest BCUT2D eigenvalue weighted by Gasteiger charge is 2.10. The molecule has 0 aliphatic rings. The van der Waals surface area contributed by atoms with Crippen LogP contribution in [0.25, 0.3) is 0 Å². The van der Waals surface area contributed by atoms with E-state index in [0.717, 1.165) is 12.2 Å². The molecule has 1 aromatic rings. The third-order valence-corrected chi connectivity index (χ3v) is 2.67. The molecule has 1 rings (SSSR count). The SMILES string of the molecule is CCOC(=O)c1ccc(N(CC)C(C)C)cc1. The number of rotatable bonds is 5. The van der Waals surface area contributed by atoms with Crippen LogP contribution in [0, 0.1) is 0 Å². The van der Waals surface area contributed by atoms with Gasteiger partial charge in [0.15, 0.2) is 0 Å². The van der Waals surface area contributed by atoms with Gasteiger partial charge in [0, 0.05) is 18.3 Å². The molecule has 0 bridgehead atoms. The lowest BCUT2D eigenvalue weighted by molar-refractivity contribution is 0.0526. The van der Waals surface area contributed by atoms with E-state index in [1.807, 2.05) is 31.2 Å². The van der Waals surface area contributed by atoms with Crippen LogP contribution in [-0.4, -0.2) is 25.2 Å². The standard InChI is InChI=1S/C14H21NO2/c1-5-15(11(3)4)13-9-7-12(8-10-13)14(16)17-6-2/h7-11H,5-6H2,1-4H3. The summed E-state index contributed by atoms with van der Waals surface area (Å²) in [4.78, 5) is 13.8. The zero-order valence-corrected chi connectivity index (χ0v) is 11.1. The average Bonchev–Trinajstić information content (AvgIpc) is 2.30. The van der Waals surface area contributed by atoms with Crippen LogP contribution in [0.5, 0.6) is 0 Å². The van der Waals surface area contributed by atoms with Crippen molar-refractivity contribution in [3.05, 3.63) is 29.8 Å². The number of carbonyl (C=O) groups excluding carboxylic acids is 1. The quantitative estimate of drug-likeness (QED) is 0.734. The Labute approximate surface area is 103 Å². The van der Waals surface area contributed by atoms with E-state index in [-0.39, 0.29) is 5.97 Å². The fourth-order valence-corrected chi connectivity index (χ4v) is 1.85. The van der Waals surface area contributed by atoms with Gasteiger partial charge < -0.3 is 9.64 Å². The van der Waals surface area contributed by atoms with Crippen molar-refractivity contribution in [3.63, 3.8) is 0 Å². The van der Waals surface area contributed by atoms with Gasteiger partial charge in [-0.2, -0.15) is 0 Å². The first-order valence-corrected chi connectivity index (χ1v) is 6.14. The third kappa shape index (κ3) is 3.48. The molecule has 0 aliphatic carbocycles. The highest BCUT2D eigenvalue weighted by Crippen LogP contribution is 2.18. The highest BCUT2D eigenvalue weighted by molar-refractivity contribution is 5.89. The van der Waals surface area contributed by atoms with Crippen molar-refractivity contribution < 1.29 is 9.53 Å². The molecule has 0 atom stereocenters. The van der Waals surface area contributed by atoms with Gasteiger partial charge in [-0.3, -0.25) is 0 Å². The molecule has 0 aliphatic heterocycles. The van der Waals surface area contributed by atoms with Crippen molar-refractivity contribution in [1.82, 2.24) is 0 Å². The largest absolute Gasteiger partial charge is 0.462 e. The minimum atomic E-state index is -0.258. The predicted molar refractivity (Wildman–Crippen MR) is 70.6 cm³/mol. The maximum Gasteiger partial charge on any atom is 0.338 e. The maximum absolute atomic E-state index is 11.5. The molecule has 1 aromatic carbocycles. The van der Waals surface area contributed by atoms with Crippen LogP contribution in [0.3, 0.4) is 0 Å². The Morgan fingerprint density at radius 3 is 2.24 bits per heavy atom. The number of anilines is 1. The molecular formula is C14H21NO2. The van der Waals surface area contributed by atoms with Gasteiger partial charge in [0.25, 0.3) is 0 Å². The van der Waals surface area contributed by atoms with Crippen LogP contribution in [-0.2, 0) is 4.74 Å². The van der Waals surface area contributed by atoms with Crippen LogP contribution < -0.4 is 4.90 Å². The zero-order chi connectivity index (χ0) is 12.8. The number of benzene rings is 1. The van der Waals surface area contributed by atoms with E-state index in [1.165, 1.54) is 0 Å². The molecule has 0 fully saturated rings. The molecule has 0 radical (unpaired) electrons. The minimum Gasteiger partial charge on any atom is -0.462 e. The number of hydrogen-bond acceptors (Lipinski definition) is 3. The molecule has 17 heavy (non-hydrogen) atoms. The van der Waals surface area contributed by atoms with Gasteiger partial charge in [-0.05, 0) is 52.0 Å². The van der Waals surface area contributed by atoms with Gasteiger partial charge in [0.05, 0.1) is 12.2 Å². The number of ether oxygens (including phenoxy) is 1. The summed E-state index contributed by atoms with van der Waals surface area (Å²) in [5.41, 5.74) is 1.74. The lowest BCUT2D eigenvalue weighted by Gasteiger charge is -2.27. The van der Waals surface area contributed by atoms with Crippen molar-refractivity contribution >= 4 is 11.7 Å². The summed E-state index contributed by atoms with van der Waals surface area (Å²) in [7, 11) is 0. The Balaban J connectivity index is 2.83. The van der Waals surface area contributed by atoms with Gasteiger partial charge >= 0.3 is 5.97 Å². The molecule has 0 saturated carbocycles. The van der Waals surface area contributed by atoms with Crippen molar-refractivity contribution in [2.45, 2.75) is 33.7 Å². The maximum atomic E-state index is 11.5. The van der Waals surface area contributed by atoms with Gasteiger partial charge in [0.2, 0.25) is 0 Å². The van der Waals surface area contributed by atoms with Gasteiger partial charge in [-0.15, -0.1) is 0 Å². The zero-order valence-electron chi connectivity index (χ0n) is 11.1. The highest BCUT2D eigenvalue weighted by atomic mass is 16.5. The number of carbonyl (C=O) groups is 1. The third-order valence-electron chi connectivity index (χ3n) is 2.67. The van der Waals surface area contributed by atoms with Gasteiger partial charge in [-0.25, -0.2) is 4.79 Å². The summed E-state index contributed by atoms with van der Waals surface area (Å²) in [5, 5.41) is 0. The number of hydrogen-bond donors (Lipinski definition) is 0. The number of nitrogens with zero attached hydrogens (tertiary/aromatic N) is 1. The second-order valence-corrected chi connectivity index (χ2v) is 4.15. The monoisotopic (exact) mass is 235 g/mol.